The van der Waals surface area contributed by atoms with Crippen LogP contribution in [0.1, 0.15) is 44.2 Å². The molecule has 0 saturated heterocycles. The first-order valence-corrected chi connectivity index (χ1v) is 8.04. The summed E-state index contributed by atoms with van der Waals surface area (Å²) in [4.78, 5) is 0. The normalized spacial score (nSPS) is 16.6. The van der Waals surface area contributed by atoms with Crippen molar-refractivity contribution in [3.8, 4) is 0 Å². The van der Waals surface area contributed by atoms with Gasteiger partial charge in [-0.2, -0.15) is 0 Å². The predicted octanol–water partition coefficient (Wildman–Crippen LogP) is 3.72. The first-order valence-electron chi connectivity index (χ1n) is 8.04. The SMILES string of the molecule is Cc1ccccc1CC(CCOC(C)C)CNC1CC1. The summed E-state index contributed by atoms with van der Waals surface area (Å²) in [5, 5.41) is 3.68. The minimum Gasteiger partial charge on any atom is -0.379 e. The highest BCUT2D eigenvalue weighted by atomic mass is 16.5. The van der Waals surface area contributed by atoms with E-state index in [-0.39, 0.29) is 0 Å². The molecule has 0 heterocycles. The van der Waals surface area contributed by atoms with Crippen molar-refractivity contribution in [1.82, 2.24) is 5.32 Å². The zero-order valence-electron chi connectivity index (χ0n) is 13.2. The Bertz CT molecular complexity index is 398. The fraction of sp³-hybridized carbons (Fsp3) is 0.667. The molecular weight excluding hydrogens is 246 g/mol. The topological polar surface area (TPSA) is 21.3 Å². The minimum absolute atomic E-state index is 0.338. The van der Waals surface area contributed by atoms with Crippen LogP contribution in [0.15, 0.2) is 24.3 Å². The van der Waals surface area contributed by atoms with E-state index in [9.17, 15) is 0 Å². The highest BCUT2D eigenvalue weighted by Gasteiger charge is 2.22. The van der Waals surface area contributed by atoms with E-state index in [1.807, 2.05) is 0 Å². The molecule has 2 nitrogen and oxygen atoms in total. The van der Waals surface area contributed by atoms with Crippen molar-refractivity contribution in [3.05, 3.63) is 35.4 Å². The maximum atomic E-state index is 5.73. The van der Waals surface area contributed by atoms with E-state index in [0.29, 0.717) is 12.0 Å². The van der Waals surface area contributed by atoms with Gasteiger partial charge in [0.05, 0.1) is 6.10 Å². The number of benzene rings is 1. The number of hydrogen-bond acceptors (Lipinski definition) is 2. The molecule has 20 heavy (non-hydrogen) atoms. The van der Waals surface area contributed by atoms with E-state index in [1.54, 1.807) is 0 Å². The van der Waals surface area contributed by atoms with Crippen LogP contribution in [0.5, 0.6) is 0 Å². The second-order valence-corrected chi connectivity index (χ2v) is 6.39. The molecule has 2 heteroatoms. The largest absolute Gasteiger partial charge is 0.379 e. The van der Waals surface area contributed by atoms with E-state index in [4.69, 9.17) is 4.74 Å². The number of aryl methyl sites for hydroxylation is 1. The molecule has 2 rings (SSSR count). The summed E-state index contributed by atoms with van der Waals surface area (Å²) in [7, 11) is 0. The van der Waals surface area contributed by atoms with E-state index < -0.39 is 0 Å². The maximum Gasteiger partial charge on any atom is 0.0518 e. The Balaban J connectivity index is 1.85. The monoisotopic (exact) mass is 275 g/mol. The lowest BCUT2D eigenvalue weighted by Crippen LogP contribution is -2.27. The molecule has 0 aliphatic heterocycles. The zero-order chi connectivity index (χ0) is 14.4. The van der Waals surface area contributed by atoms with E-state index in [2.05, 4.69) is 50.4 Å². The lowest BCUT2D eigenvalue weighted by Gasteiger charge is -2.19. The Morgan fingerprint density at radius 1 is 1.25 bits per heavy atom. The van der Waals surface area contributed by atoms with Gasteiger partial charge >= 0.3 is 0 Å². The van der Waals surface area contributed by atoms with Gasteiger partial charge in [0.15, 0.2) is 0 Å². The van der Waals surface area contributed by atoms with E-state index in [1.165, 1.54) is 24.0 Å². The molecule has 1 saturated carbocycles. The van der Waals surface area contributed by atoms with Gasteiger partial charge in [0.1, 0.15) is 0 Å². The summed E-state index contributed by atoms with van der Waals surface area (Å²) in [5.41, 5.74) is 2.90. The highest BCUT2D eigenvalue weighted by Crippen LogP contribution is 2.21. The van der Waals surface area contributed by atoms with Crippen LogP contribution in [0.2, 0.25) is 0 Å². The van der Waals surface area contributed by atoms with Gasteiger partial charge < -0.3 is 10.1 Å². The predicted molar refractivity (Wildman–Crippen MR) is 85.1 cm³/mol. The van der Waals surface area contributed by atoms with Crippen molar-refractivity contribution >= 4 is 0 Å². The van der Waals surface area contributed by atoms with Gasteiger partial charge in [-0.15, -0.1) is 0 Å². The van der Waals surface area contributed by atoms with Gasteiger partial charge in [0.25, 0.3) is 0 Å². The molecule has 1 aliphatic carbocycles. The van der Waals surface area contributed by atoms with Crippen LogP contribution < -0.4 is 5.32 Å². The average Bonchev–Trinajstić information content (AvgIpc) is 3.22. The molecule has 1 aromatic rings. The van der Waals surface area contributed by atoms with Gasteiger partial charge in [0, 0.05) is 12.6 Å². The van der Waals surface area contributed by atoms with Crippen molar-refractivity contribution in [1.29, 1.82) is 0 Å². The third kappa shape index (κ3) is 5.64. The molecule has 1 atom stereocenters. The lowest BCUT2D eigenvalue weighted by atomic mass is 9.93. The first kappa shape index (κ1) is 15.5. The average molecular weight is 275 g/mol. The second kappa shape index (κ2) is 7.80. The van der Waals surface area contributed by atoms with Crippen LogP contribution in [0.3, 0.4) is 0 Å². The second-order valence-electron chi connectivity index (χ2n) is 6.39. The van der Waals surface area contributed by atoms with Gasteiger partial charge in [0.2, 0.25) is 0 Å². The van der Waals surface area contributed by atoms with Crippen molar-refractivity contribution in [2.24, 2.45) is 5.92 Å². The maximum absolute atomic E-state index is 5.73. The molecule has 112 valence electrons. The van der Waals surface area contributed by atoms with Crippen molar-refractivity contribution in [2.75, 3.05) is 13.2 Å². The van der Waals surface area contributed by atoms with Crippen LogP contribution in [0, 0.1) is 12.8 Å². The van der Waals surface area contributed by atoms with Gasteiger partial charge in [-0.25, -0.2) is 0 Å². The third-order valence-corrected chi connectivity index (χ3v) is 4.02. The van der Waals surface area contributed by atoms with Crippen molar-refractivity contribution in [3.63, 3.8) is 0 Å². The summed E-state index contributed by atoms with van der Waals surface area (Å²) < 4.78 is 5.73. The van der Waals surface area contributed by atoms with Crippen LogP contribution in [0.25, 0.3) is 0 Å². The van der Waals surface area contributed by atoms with Gasteiger partial charge in [-0.05, 0) is 70.0 Å². The molecule has 0 spiro atoms. The summed E-state index contributed by atoms with van der Waals surface area (Å²) in [6, 6.07) is 9.55. The summed E-state index contributed by atoms with van der Waals surface area (Å²) in [6.45, 7) is 8.43. The Labute approximate surface area is 123 Å². The van der Waals surface area contributed by atoms with E-state index in [0.717, 1.165) is 32.0 Å². The van der Waals surface area contributed by atoms with Gasteiger partial charge in [-0.1, -0.05) is 24.3 Å². The number of rotatable bonds is 9. The number of hydrogen-bond donors (Lipinski definition) is 1. The molecule has 0 bridgehead atoms. The van der Waals surface area contributed by atoms with Crippen LogP contribution in [-0.4, -0.2) is 25.3 Å². The molecule has 0 radical (unpaired) electrons. The molecule has 1 fully saturated rings. The molecule has 1 aliphatic rings. The molecule has 1 aromatic carbocycles. The van der Waals surface area contributed by atoms with Crippen LogP contribution in [-0.2, 0) is 11.2 Å². The summed E-state index contributed by atoms with van der Waals surface area (Å²) in [5.74, 6) is 0.676. The minimum atomic E-state index is 0.338. The number of ether oxygens (including phenoxy) is 1. The van der Waals surface area contributed by atoms with Crippen LogP contribution in [0.4, 0.5) is 0 Å². The number of nitrogens with one attached hydrogen (secondary N) is 1. The zero-order valence-corrected chi connectivity index (χ0v) is 13.2. The Morgan fingerprint density at radius 3 is 2.65 bits per heavy atom. The smallest absolute Gasteiger partial charge is 0.0518 e. The molecular formula is C18H29NO. The Morgan fingerprint density at radius 2 is 2.00 bits per heavy atom. The van der Waals surface area contributed by atoms with Crippen molar-refractivity contribution < 1.29 is 4.74 Å². The van der Waals surface area contributed by atoms with Crippen LogP contribution >= 0.6 is 0 Å². The summed E-state index contributed by atoms with van der Waals surface area (Å²) >= 11 is 0. The van der Waals surface area contributed by atoms with Crippen molar-refractivity contribution in [2.45, 2.75) is 58.6 Å². The lowest BCUT2D eigenvalue weighted by molar-refractivity contribution is 0.0682. The fourth-order valence-electron chi connectivity index (χ4n) is 2.52. The quantitative estimate of drug-likeness (QED) is 0.741. The third-order valence-electron chi connectivity index (χ3n) is 4.02. The molecule has 1 unspecified atom stereocenters. The fourth-order valence-corrected chi connectivity index (χ4v) is 2.52. The standard InChI is InChI=1S/C18H29NO/c1-14(2)20-11-10-16(13-19-18-8-9-18)12-17-7-5-4-6-15(17)3/h4-7,14,16,18-19H,8-13H2,1-3H3. The first-order chi connectivity index (χ1) is 9.65. The molecule has 0 aromatic heterocycles. The van der Waals surface area contributed by atoms with Gasteiger partial charge in [-0.3, -0.25) is 0 Å². The molecule has 0 amide bonds. The summed E-state index contributed by atoms with van der Waals surface area (Å²) in [6.07, 6.45) is 5.37. The highest BCUT2D eigenvalue weighted by molar-refractivity contribution is 5.26. The Kier molecular flexibility index (Phi) is 6.06. The van der Waals surface area contributed by atoms with E-state index >= 15 is 0 Å². The Hall–Kier alpha value is -0.860. The molecule has 1 N–H and O–H groups in total.